The van der Waals surface area contributed by atoms with Gasteiger partial charge in [0.1, 0.15) is 0 Å². The number of nitrogens with zero attached hydrogens (tertiary/aromatic N) is 2. The van der Waals surface area contributed by atoms with E-state index < -0.39 is 0 Å². The third kappa shape index (κ3) is 1.34. The second kappa shape index (κ2) is 2.22. The molecule has 0 spiro atoms. The molecular formula is C7H12N2O2. The molecule has 62 valence electrons. The highest BCUT2D eigenvalue weighted by molar-refractivity contribution is 5.11. The van der Waals surface area contributed by atoms with E-state index in [2.05, 4.69) is 9.79 Å². The van der Waals surface area contributed by atoms with Gasteiger partial charge in [-0.1, -0.05) is 20.8 Å². The molecule has 0 saturated heterocycles. The van der Waals surface area contributed by atoms with Crippen LogP contribution in [0.25, 0.3) is 0 Å². The predicted molar refractivity (Wildman–Crippen MR) is 38.9 cm³/mol. The number of hydrogen-bond acceptors (Lipinski definition) is 3. The Morgan fingerprint density at radius 1 is 1.45 bits per heavy atom. The van der Waals surface area contributed by atoms with Gasteiger partial charge in [0.15, 0.2) is 5.69 Å². The van der Waals surface area contributed by atoms with Crippen molar-refractivity contribution in [1.29, 1.82) is 0 Å². The maximum atomic E-state index is 10.8. The van der Waals surface area contributed by atoms with E-state index in [0.717, 1.165) is 0 Å². The summed E-state index contributed by atoms with van der Waals surface area (Å²) < 4.78 is 4.43. The molecule has 0 bridgehead atoms. The first-order chi connectivity index (χ1) is 4.93. The number of aromatic nitrogens is 2. The fourth-order valence-electron chi connectivity index (χ4n) is 0.971. The molecule has 4 heteroatoms. The van der Waals surface area contributed by atoms with E-state index in [4.69, 9.17) is 0 Å². The minimum Gasteiger partial charge on any atom is -0.359 e. The lowest BCUT2D eigenvalue weighted by Gasteiger charge is -2.09. The molecule has 11 heavy (non-hydrogen) atoms. The Balaban J connectivity index is 3.15. The topological polar surface area (TPSA) is 53.0 Å². The highest BCUT2D eigenvalue weighted by Gasteiger charge is 2.27. The maximum Gasteiger partial charge on any atom is 0.226 e. The summed E-state index contributed by atoms with van der Waals surface area (Å²) in [4.78, 5) is 0.431. The van der Waals surface area contributed by atoms with Gasteiger partial charge in [-0.25, -0.2) is 0 Å². The Morgan fingerprint density at radius 3 is 2.18 bits per heavy atom. The molecule has 0 radical (unpaired) electrons. The third-order valence-corrected chi connectivity index (χ3v) is 1.53. The summed E-state index contributed by atoms with van der Waals surface area (Å²) in [7, 11) is 0. The molecule has 4 nitrogen and oxygen atoms in total. The molecule has 1 rings (SSSR count). The van der Waals surface area contributed by atoms with Crippen LogP contribution in [0.5, 0.6) is 0 Å². The molecule has 0 amide bonds. The van der Waals surface area contributed by atoms with E-state index >= 15 is 0 Å². The van der Waals surface area contributed by atoms with Crippen molar-refractivity contribution in [1.82, 2.24) is 5.16 Å². The van der Waals surface area contributed by atoms with Gasteiger partial charge in [-0.3, -0.25) is 4.63 Å². The van der Waals surface area contributed by atoms with Crippen LogP contribution in [0.4, 0.5) is 0 Å². The summed E-state index contributed by atoms with van der Waals surface area (Å²) in [6.45, 7) is 7.65. The van der Waals surface area contributed by atoms with Crippen LogP contribution in [0.15, 0.2) is 4.63 Å². The van der Waals surface area contributed by atoms with Gasteiger partial charge in [-0.15, -0.1) is 0 Å². The van der Waals surface area contributed by atoms with Crippen molar-refractivity contribution in [3.05, 3.63) is 16.6 Å². The molecule has 0 aromatic carbocycles. The second-order valence-electron chi connectivity index (χ2n) is 3.61. The van der Waals surface area contributed by atoms with E-state index in [9.17, 15) is 5.21 Å². The van der Waals surface area contributed by atoms with Gasteiger partial charge in [0.05, 0.1) is 0 Å². The van der Waals surface area contributed by atoms with Gasteiger partial charge in [0, 0.05) is 17.5 Å². The smallest absolute Gasteiger partial charge is 0.226 e. The van der Waals surface area contributed by atoms with Crippen LogP contribution >= 0.6 is 0 Å². The molecule has 1 aromatic rings. The van der Waals surface area contributed by atoms with E-state index in [1.807, 2.05) is 20.8 Å². The summed E-state index contributed by atoms with van der Waals surface area (Å²) >= 11 is 0. The van der Waals surface area contributed by atoms with E-state index in [-0.39, 0.29) is 5.41 Å². The molecule has 1 aromatic heterocycles. The number of hydrogen-bond donors (Lipinski definition) is 0. The largest absolute Gasteiger partial charge is 0.359 e. The Morgan fingerprint density at radius 2 is 2.00 bits per heavy atom. The van der Waals surface area contributed by atoms with Gasteiger partial charge in [0.25, 0.3) is 0 Å². The molecule has 0 N–H and O–H groups in total. The molecule has 0 fully saturated rings. The molecule has 0 saturated carbocycles. The van der Waals surface area contributed by atoms with Crippen molar-refractivity contribution in [2.24, 2.45) is 0 Å². The average molecular weight is 156 g/mol. The van der Waals surface area contributed by atoms with Crippen LogP contribution in [0.2, 0.25) is 0 Å². The first-order valence-electron chi connectivity index (χ1n) is 3.49. The lowest BCUT2D eigenvalue weighted by atomic mass is 9.91. The van der Waals surface area contributed by atoms with Gasteiger partial charge in [0.2, 0.25) is 5.69 Å². The fraction of sp³-hybridized carbons (Fsp3) is 0.714. The van der Waals surface area contributed by atoms with E-state index in [0.29, 0.717) is 16.3 Å². The first kappa shape index (κ1) is 8.04. The van der Waals surface area contributed by atoms with Crippen LogP contribution in [-0.4, -0.2) is 5.16 Å². The molecular weight excluding hydrogens is 144 g/mol. The van der Waals surface area contributed by atoms with Crippen LogP contribution in [-0.2, 0) is 5.41 Å². The molecule has 0 unspecified atom stereocenters. The second-order valence-corrected chi connectivity index (χ2v) is 3.61. The molecule has 1 heterocycles. The molecule has 0 aliphatic heterocycles. The third-order valence-electron chi connectivity index (χ3n) is 1.53. The van der Waals surface area contributed by atoms with Crippen LogP contribution in [0.3, 0.4) is 0 Å². The van der Waals surface area contributed by atoms with Crippen molar-refractivity contribution in [2.75, 3.05) is 0 Å². The summed E-state index contributed by atoms with van der Waals surface area (Å²) in [5, 5.41) is 14.4. The zero-order valence-electron chi connectivity index (χ0n) is 7.21. The van der Waals surface area contributed by atoms with Crippen molar-refractivity contribution < 1.29 is 9.53 Å². The van der Waals surface area contributed by atoms with Gasteiger partial charge < -0.3 is 5.21 Å². The quantitative estimate of drug-likeness (QED) is 0.525. The highest BCUT2D eigenvalue weighted by atomic mass is 16.8. The molecule has 0 atom stereocenters. The summed E-state index contributed by atoms with van der Waals surface area (Å²) in [5.41, 5.74) is 1.13. The monoisotopic (exact) mass is 156 g/mol. The SMILES string of the molecule is Cc1c(C(C)(C)C)no[n+]1[O-]. The lowest BCUT2D eigenvalue weighted by molar-refractivity contribution is -0.807. The predicted octanol–water partition coefficient (Wildman–Crippen LogP) is 0.914. The van der Waals surface area contributed by atoms with Crippen LogP contribution in [0, 0.1) is 12.1 Å². The minimum atomic E-state index is -0.122. The summed E-state index contributed by atoms with van der Waals surface area (Å²) in [6, 6.07) is 0. The Hall–Kier alpha value is -1.06. The van der Waals surface area contributed by atoms with E-state index in [1.54, 1.807) is 6.92 Å². The normalized spacial score (nSPS) is 12.0. The van der Waals surface area contributed by atoms with Gasteiger partial charge in [-0.2, -0.15) is 0 Å². The Bertz CT molecular complexity index is 260. The zero-order chi connectivity index (χ0) is 8.65. The Kier molecular flexibility index (Phi) is 1.62. The van der Waals surface area contributed by atoms with Gasteiger partial charge >= 0.3 is 0 Å². The standard InChI is InChI=1S/C7H12N2O2/c1-5-6(7(2,3)4)8-11-9(5)10/h1-4H3. The van der Waals surface area contributed by atoms with Crippen molar-refractivity contribution >= 4 is 0 Å². The fourth-order valence-corrected chi connectivity index (χ4v) is 0.971. The minimum absolute atomic E-state index is 0.122. The zero-order valence-corrected chi connectivity index (χ0v) is 7.21. The molecule has 0 aliphatic rings. The number of rotatable bonds is 0. The highest BCUT2D eigenvalue weighted by Crippen LogP contribution is 2.20. The average Bonchev–Trinajstić information content (AvgIpc) is 2.11. The van der Waals surface area contributed by atoms with Crippen LogP contribution < -0.4 is 4.90 Å². The van der Waals surface area contributed by atoms with Crippen LogP contribution in [0.1, 0.15) is 32.2 Å². The lowest BCUT2D eigenvalue weighted by Crippen LogP contribution is -2.27. The molecule has 0 aliphatic carbocycles. The maximum absolute atomic E-state index is 10.8. The van der Waals surface area contributed by atoms with Gasteiger partial charge in [-0.05, 0) is 4.90 Å². The van der Waals surface area contributed by atoms with Crippen molar-refractivity contribution in [2.45, 2.75) is 33.1 Å². The van der Waals surface area contributed by atoms with E-state index in [1.165, 1.54) is 0 Å². The van der Waals surface area contributed by atoms with Crippen molar-refractivity contribution in [3.63, 3.8) is 0 Å². The summed E-state index contributed by atoms with van der Waals surface area (Å²) in [6.07, 6.45) is 0. The summed E-state index contributed by atoms with van der Waals surface area (Å²) in [5.74, 6) is 0. The van der Waals surface area contributed by atoms with Crippen molar-refractivity contribution in [3.8, 4) is 0 Å². The first-order valence-corrected chi connectivity index (χ1v) is 3.49. The Labute approximate surface area is 65.4 Å².